The molecule has 0 saturated heterocycles. The Balaban J connectivity index is 1.52. The molecule has 0 unspecified atom stereocenters. The van der Waals surface area contributed by atoms with Crippen LogP contribution in [0.5, 0.6) is 11.5 Å². The summed E-state index contributed by atoms with van der Waals surface area (Å²) in [7, 11) is 0. The second kappa shape index (κ2) is 5.89. The topological polar surface area (TPSA) is 18.5 Å². The molecule has 2 aromatic carbocycles. The number of ether oxygens (including phenoxy) is 2. The third-order valence-electron chi connectivity index (χ3n) is 3.22. The van der Waals surface area contributed by atoms with Crippen LogP contribution in [0.2, 0.25) is 0 Å². The first-order valence-corrected chi connectivity index (χ1v) is 6.80. The summed E-state index contributed by atoms with van der Waals surface area (Å²) >= 11 is 0. The van der Waals surface area contributed by atoms with E-state index in [-0.39, 0.29) is 0 Å². The molecule has 98 valence electrons. The molecule has 0 amide bonds. The maximum atomic E-state index is 5.75. The molecule has 1 aliphatic carbocycles. The summed E-state index contributed by atoms with van der Waals surface area (Å²) in [4.78, 5) is 0. The van der Waals surface area contributed by atoms with Crippen LogP contribution in [0.25, 0.3) is 0 Å². The predicted octanol–water partition coefficient (Wildman–Crippen LogP) is 4.41. The van der Waals surface area contributed by atoms with Crippen molar-refractivity contribution >= 4 is 0 Å². The Kier molecular flexibility index (Phi) is 3.80. The van der Waals surface area contributed by atoms with Gasteiger partial charge in [-0.25, -0.2) is 0 Å². The van der Waals surface area contributed by atoms with E-state index in [0.717, 1.165) is 24.0 Å². The van der Waals surface area contributed by atoms with E-state index in [1.165, 1.54) is 18.4 Å². The number of benzene rings is 2. The molecule has 0 aliphatic heterocycles. The summed E-state index contributed by atoms with van der Waals surface area (Å²) in [6, 6.07) is 17.9. The van der Waals surface area contributed by atoms with Crippen LogP contribution in [0.1, 0.15) is 18.4 Å². The second-order valence-electron chi connectivity index (χ2n) is 5.02. The normalized spacial score (nSPS) is 14.3. The van der Waals surface area contributed by atoms with Gasteiger partial charge < -0.3 is 9.47 Å². The minimum atomic E-state index is 0.697. The Morgan fingerprint density at radius 3 is 2.21 bits per heavy atom. The van der Waals surface area contributed by atoms with E-state index in [4.69, 9.17) is 9.47 Å². The van der Waals surface area contributed by atoms with Crippen LogP contribution in [0.15, 0.2) is 54.6 Å². The van der Waals surface area contributed by atoms with Crippen molar-refractivity contribution in [2.24, 2.45) is 5.92 Å². The number of hydrogen-bond acceptors (Lipinski definition) is 2. The van der Waals surface area contributed by atoms with E-state index in [1.807, 2.05) is 42.5 Å². The maximum Gasteiger partial charge on any atom is 0.127 e. The van der Waals surface area contributed by atoms with Crippen molar-refractivity contribution in [3.05, 3.63) is 60.2 Å². The highest BCUT2D eigenvalue weighted by Gasteiger charge is 2.20. The van der Waals surface area contributed by atoms with Gasteiger partial charge in [-0.1, -0.05) is 30.3 Å². The van der Waals surface area contributed by atoms with Gasteiger partial charge in [0.2, 0.25) is 0 Å². The van der Waals surface area contributed by atoms with Crippen molar-refractivity contribution in [3.8, 4) is 11.5 Å². The second-order valence-corrected chi connectivity index (χ2v) is 5.02. The van der Waals surface area contributed by atoms with Crippen LogP contribution in [-0.4, -0.2) is 6.61 Å². The molecular weight excluding hydrogens is 236 g/mol. The van der Waals surface area contributed by atoms with Crippen LogP contribution in [0.4, 0.5) is 0 Å². The maximum absolute atomic E-state index is 5.75. The average molecular weight is 254 g/mol. The third kappa shape index (κ3) is 3.83. The molecule has 0 aromatic heterocycles. The zero-order valence-corrected chi connectivity index (χ0v) is 10.9. The Morgan fingerprint density at radius 1 is 0.842 bits per heavy atom. The van der Waals surface area contributed by atoms with Gasteiger partial charge in [-0.3, -0.25) is 0 Å². The summed E-state index contributed by atoms with van der Waals surface area (Å²) in [5.74, 6) is 2.54. The molecule has 0 N–H and O–H groups in total. The third-order valence-corrected chi connectivity index (χ3v) is 3.22. The fourth-order valence-corrected chi connectivity index (χ4v) is 1.91. The molecule has 2 heteroatoms. The van der Waals surface area contributed by atoms with Crippen LogP contribution >= 0.6 is 0 Å². The highest BCUT2D eigenvalue weighted by atomic mass is 16.5. The number of rotatable bonds is 6. The first-order chi connectivity index (χ1) is 9.40. The Bertz CT molecular complexity index is 501. The molecule has 19 heavy (non-hydrogen) atoms. The lowest BCUT2D eigenvalue weighted by Crippen LogP contribution is -1.96. The lowest BCUT2D eigenvalue weighted by atomic mass is 10.2. The molecule has 0 spiro atoms. The van der Waals surface area contributed by atoms with E-state index in [0.29, 0.717) is 6.61 Å². The van der Waals surface area contributed by atoms with Crippen LogP contribution in [0, 0.1) is 5.92 Å². The van der Waals surface area contributed by atoms with Crippen LogP contribution < -0.4 is 4.74 Å². The standard InChI is InChI=1S/C17H18O2/c1-2-4-16(5-3-1)19-17-10-8-15(9-11-17)13-18-12-14-6-7-14/h1-5,8-11,14H,6-7,12-13H2. The molecule has 0 radical (unpaired) electrons. The molecule has 2 nitrogen and oxygen atoms in total. The summed E-state index contributed by atoms with van der Waals surface area (Å²) in [5, 5.41) is 0. The van der Waals surface area contributed by atoms with Gasteiger partial charge in [-0.05, 0) is 48.6 Å². The fraction of sp³-hybridized carbons (Fsp3) is 0.294. The zero-order chi connectivity index (χ0) is 12.9. The van der Waals surface area contributed by atoms with E-state index in [9.17, 15) is 0 Å². The van der Waals surface area contributed by atoms with Crippen molar-refractivity contribution in [1.82, 2.24) is 0 Å². The Labute approximate surface area is 114 Å². The summed E-state index contributed by atoms with van der Waals surface area (Å²) in [6.07, 6.45) is 2.67. The molecule has 1 aliphatic rings. The van der Waals surface area contributed by atoms with Gasteiger partial charge in [0.25, 0.3) is 0 Å². The van der Waals surface area contributed by atoms with Crippen LogP contribution in [0.3, 0.4) is 0 Å². The van der Waals surface area contributed by atoms with Crippen LogP contribution in [-0.2, 0) is 11.3 Å². The van der Waals surface area contributed by atoms with Gasteiger partial charge in [0.1, 0.15) is 11.5 Å². The van der Waals surface area contributed by atoms with Crippen molar-refractivity contribution in [2.45, 2.75) is 19.4 Å². The number of hydrogen-bond donors (Lipinski definition) is 0. The van der Waals surface area contributed by atoms with Gasteiger partial charge in [0, 0.05) is 6.61 Å². The van der Waals surface area contributed by atoms with Gasteiger partial charge in [-0.15, -0.1) is 0 Å². The SMILES string of the molecule is c1ccc(Oc2ccc(COCC3CC3)cc2)cc1. The predicted molar refractivity (Wildman–Crippen MR) is 75.3 cm³/mol. The van der Waals surface area contributed by atoms with E-state index < -0.39 is 0 Å². The molecule has 1 saturated carbocycles. The number of para-hydroxylation sites is 1. The molecule has 0 bridgehead atoms. The van der Waals surface area contributed by atoms with Crippen molar-refractivity contribution in [3.63, 3.8) is 0 Å². The first-order valence-electron chi connectivity index (χ1n) is 6.80. The average Bonchev–Trinajstić information content (AvgIpc) is 3.26. The summed E-state index contributed by atoms with van der Waals surface area (Å²) < 4.78 is 11.4. The van der Waals surface area contributed by atoms with Gasteiger partial charge in [0.05, 0.1) is 6.61 Å². The van der Waals surface area contributed by atoms with Gasteiger partial charge >= 0.3 is 0 Å². The smallest absolute Gasteiger partial charge is 0.127 e. The lowest BCUT2D eigenvalue weighted by molar-refractivity contribution is 0.111. The van der Waals surface area contributed by atoms with Crippen molar-refractivity contribution in [1.29, 1.82) is 0 Å². The Hall–Kier alpha value is -1.80. The molecule has 0 heterocycles. The Morgan fingerprint density at radius 2 is 1.53 bits per heavy atom. The van der Waals surface area contributed by atoms with E-state index >= 15 is 0 Å². The lowest BCUT2D eigenvalue weighted by Gasteiger charge is -2.07. The van der Waals surface area contributed by atoms with Crippen molar-refractivity contribution < 1.29 is 9.47 Å². The molecule has 3 rings (SSSR count). The molecule has 1 fully saturated rings. The van der Waals surface area contributed by atoms with E-state index in [2.05, 4.69) is 12.1 Å². The summed E-state index contributed by atoms with van der Waals surface area (Å²) in [5.41, 5.74) is 1.20. The first kappa shape index (κ1) is 12.2. The van der Waals surface area contributed by atoms with E-state index in [1.54, 1.807) is 0 Å². The quantitative estimate of drug-likeness (QED) is 0.760. The molecular formula is C17H18O2. The highest BCUT2D eigenvalue weighted by Crippen LogP contribution is 2.29. The van der Waals surface area contributed by atoms with Crippen molar-refractivity contribution in [2.75, 3.05) is 6.61 Å². The molecule has 2 aromatic rings. The minimum Gasteiger partial charge on any atom is -0.457 e. The highest BCUT2D eigenvalue weighted by molar-refractivity contribution is 5.32. The zero-order valence-electron chi connectivity index (χ0n) is 10.9. The van der Waals surface area contributed by atoms with Gasteiger partial charge in [0.15, 0.2) is 0 Å². The molecule has 0 atom stereocenters. The monoisotopic (exact) mass is 254 g/mol. The largest absolute Gasteiger partial charge is 0.457 e. The summed E-state index contributed by atoms with van der Waals surface area (Å²) in [6.45, 7) is 1.60. The van der Waals surface area contributed by atoms with Gasteiger partial charge in [-0.2, -0.15) is 0 Å². The fourth-order valence-electron chi connectivity index (χ4n) is 1.91. The minimum absolute atomic E-state index is 0.697.